The topological polar surface area (TPSA) is 114 Å². The summed E-state index contributed by atoms with van der Waals surface area (Å²) < 4.78 is 4.52. The fourth-order valence-electron chi connectivity index (χ4n) is 2.34. The second kappa shape index (κ2) is 7.58. The number of hydrogen-bond acceptors (Lipinski definition) is 5. The van der Waals surface area contributed by atoms with Crippen molar-refractivity contribution in [2.45, 2.75) is 31.8 Å². The Bertz CT molecular complexity index is 673. The summed E-state index contributed by atoms with van der Waals surface area (Å²) in [7, 11) is 1.23. The molecule has 3 amide bonds. The minimum atomic E-state index is -0.830. The second-order valence-corrected chi connectivity index (χ2v) is 5.41. The van der Waals surface area contributed by atoms with Crippen LogP contribution in [0.4, 0.5) is 5.69 Å². The zero-order valence-electron chi connectivity index (χ0n) is 13.4. The molecule has 0 aliphatic carbocycles. The van der Waals surface area contributed by atoms with Crippen LogP contribution in [0.3, 0.4) is 0 Å². The largest absolute Gasteiger partial charge is 0.467 e. The second-order valence-electron chi connectivity index (χ2n) is 5.41. The highest BCUT2D eigenvalue weighted by atomic mass is 16.5. The van der Waals surface area contributed by atoms with E-state index in [9.17, 15) is 19.2 Å². The van der Waals surface area contributed by atoms with Crippen LogP contribution in [0.1, 0.15) is 30.1 Å². The molecule has 3 N–H and O–H groups in total. The summed E-state index contributed by atoms with van der Waals surface area (Å²) in [6.45, 7) is 1.50. The first kappa shape index (κ1) is 17.5. The predicted molar refractivity (Wildman–Crippen MR) is 85.2 cm³/mol. The van der Waals surface area contributed by atoms with Gasteiger partial charge in [-0.1, -0.05) is 12.1 Å². The summed E-state index contributed by atoms with van der Waals surface area (Å²) in [5.74, 6) is -1.73. The van der Waals surface area contributed by atoms with E-state index in [4.69, 9.17) is 0 Å². The van der Waals surface area contributed by atoms with Gasteiger partial charge in [-0.2, -0.15) is 0 Å². The van der Waals surface area contributed by atoms with Gasteiger partial charge in [-0.25, -0.2) is 4.79 Å². The molecule has 2 atom stereocenters. The smallest absolute Gasteiger partial charge is 0.328 e. The molecule has 0 saturated heterocycles. The van der Waals surface area contributed by atoms with Gasteiger partial charge in [0.2, 0.25) is 11.8 Å². The molecule has 1 heterocycles. The van der Waals surface area contributed by atoms with Gasteiger partial charge in [-0.05, 0) is 25.5 Å². The Morgan fingerprint density at radius 1 is 1.29 bits per heavy atom. The Labute approximate surface area is 138 Å². The Morgan fingerprint density at radius 3 is 2.71 bits per heavy atom. The molecule has 1 unspecified atom stereocenters. The number of hydrogen-bond donors (Lipinski definition) is 3. The minimum absolute atomic E-state index is 0.0178. The average molecular weight is 333 g/mol. The molecule has 128 valence electrons. The van der Waals surface area contributed by atoms with Crippen molar-refractivity contribution in [1.82, 2.24) is 10.6 Å². The van der Waals surface area contributed by atoms with Crippen LogP contribution < -0.4 is 16.0 Å². The number of benzene rings is 1. The Kier molecular flexibility index (Phi) is 5.51. The molecular formula is C16H19N3O5. The highest BCUT2D eigenvalue weighted by molar-refractivity contribution is 6.09. The average Bonchev–Trinajstić information content (AvgIpc) is 2.68. The Hall–Kier alpha value is -2.90. The lowest BCUT2D eigenvalue weighted by molar-refractivity contribution is -0.144. The van der Waals surface area contributed by atoms with Crippen LogP contribution in [0.2, 0.25) is 0 Å². The van der Waals surface area contributed by atoms with Crippen molar-refractivity contribution in [1.29, 1.82) is 0 Å². The van der Waals surface area contributed by atoms with Gasteiger partial charge in [-0.3, -0.25) is 14.4 Å². The van der Waals surface area contributed by atoms with Gasteiger partial charge in [0.1, 0.15) is 12.1 Å². The van der Waals surface area contributed by atoms with Crippen LogP contribution in [0.25, 0.3) is 0 Å². The van der Waals surface area contributed by atoms with Crippen LogP contribution in [0, 0.1) is 0 Å². The van der Waals surface area contributed by atoms with Crippen LogP contribution in [-0.2, 0) is 19.1 Å². The fraction of sp³-hybridized carbons (Fsp3) is 0.375. The maximum Gasteiger partial charge on any atom is 0.328 e. The third-order valence-corrected chi connectivity index (χ3v) is 3.64. The molecule has 0 radical (unpaired) electrons. The van der Waals surface area contributed by atoms with E-state index in [1.807, 2.05) is 0 Å². The van der Waals surface area contributed by atoms with E-state index in [0.717, 1.165) is 0 Å². The first-order valence-corrected chi connectivity index (χ1v) is 7.50. The van der Waals surface area contributed by atoms with Gasteiger partial charge in [0.25, 0.3) is 5.91 Å². The third-order valence-electron chi connectivity index (χ3n) is 3.64. The van der Waals surface area contributed by atoms with Crippen molar-refractivity contribution >= 4 is 29.4 Å². The molecule has 0 saturated carbocycles. The summed E-state index contributed by atoms with van der Waals surface area (Å²) in [4.78, 5) is 47.4. The molecular weight excluding hydrogens is 314 g/mol. The minimum Gasteiger partial charge on any atom is -0.467 e. The molecule has 1 aromatic rings. The molecule has 24 heavy (non-hydrogen) atoms. The molecule has 0 spiro atoms. The highest BCUT2D eigenvalue weighted by Crippen LogP contribution is 2.19. The number of carbonyl (C=O) groups excluding carboxylic acids is 4. The number of nitrogens with one attached hydrogen (secondary N) is 3. The van der Waals surface area contributed by atoms with E-state index in [0.29, 0.717) is 11.3 Å². The highest BCUT2D eigenvalue weighted by Gasteiger charge is 2.28. The molecule has 1 aliphatic rings. The summed E-state index contributed by atoms with van der Waals surface area (Å²) in [5, 5.41) is 7.74. The maximum atomic E-state index is 12.2. The van der Waals surface area contributed by atoms with Gasteiger partial charge >= 0.3 is 5.97 Å². The van der Waals surface area contributed by atoms with E-state index < -0.39 is 24.0 Å². The molecule has 0 fully saturated rings. The Morgan fingerprint density at radius 2 is 2.00 bits per heavy atom. The van der Waals surface area contributed by atoms with Crippen LogP contribution in [-0.4, -0.2) is 42.9 Å². The van der Waals surface area contributed by atoms with E-state index in [1.54, 1.807) is 24.3 Å². The summed E-state index contributed by atoms with van der Waals surface area (Å²) in [6, 6.07) is 5.06. The summed E-state index contributed by atoms with van der Waals surface area (Å²) in [6.07, 6.45) is 0.0985. The van der Waals surface area contributed by atoms with Crippen molar-refractivity contribution in [3.05, 3.63) is 29.8 Å². The van der Waals surface area contributed by atoms with Gasteiger partial charge < -0.3 is 20.7 Å². The van der Waals surface area contributed by atoms with E-state index in [1.165, 1.54) is 14.0 Å². The van der Waals surface area contributed by atoms with Crippen molar-refractivity contribution in [2.75, 3.05) is 12.4 Å². The third kappa shape index (κ3) is 4.09. The zero-order valence-corrected chi connectivity index (χ0v) is 13.4. The fourth-order valence-corrected chi connectivity index (χ4v) is 2.34. The molecule has 1 aromatic carbocycles. The van der Waals surface area contributed by atoms with Crippen molar-refractivity contribution in [2.24, 2.45) is 0 Å². The lowest BCUT2D eigenvalue weighted by atomic mass is 10.1. The number of ether oxygens (including phenoxy) is 1. The summed E-state index contributed by atoms with van der Waals surface area (Å²) >= 11 is 0. The number of rotatable bonds is 5. The number of methoxy groups -OCH3 is 1. The first-order valence-electron chi connectivity index (χ1n) is 7.50. The van der Waals surface area contributed by atoms with Crippen molar-refractivity contribution < 1.29 is 23.9 Å². The molecule has 0 bridgehead atoms. The van der Waals surface area contributed by atoms with Crippen LogP contribution in [0.15, 0.2) is 24.3 Å². The standard InChI is InChI=1S/C16H19N3O5/c1-9(16(23)24-2)17-13(20)8-7-12-15(22)18-11-6-4-3-5-10(11)14(21)19-12/h3-6,9,12H,7-8H2,1-2H3,(H,17,20)(H,18,22)(H,19,21)/t9-,12?/m0/s1. The molecule has 8 nitrogen and oxygen atoms in total. The lowest BCUT2D eigenvalue weighted by Gasteiger charge is -2.15. The number of fused-ring (bicyclic) bond motifs is 1. The van der Waals surface area contributed by atoms with Crippen molar-refractivity contribution in [3.63, 3.8) is 0 Å². The van der Waals surface area contributed by atoms with Gasteiger partial charge in [0.15, 0.2) is 0 Å². The Balaban J connectivity index is 1.94. The molecule has 1 aliphatic heterocycles. The number of para-hydroxylation sites is 1. The van der Waals surface area contributed by atoms with Crippen molar-refractivity contribution in [3.8, 4) is 0 Å². The van der Waals surface area contributed by atoms with E-state index in [2.05, 4.69) is 20.7 Å². The van der Waals surface area contributed by atoms with Gasteiger partial charge in [0.05, 0.1) is 18.4 Å². The molecule has 8 heteroatoms. The van der Waals surface area contributed by atoms with Gasteiger partial charge in [-0.15, -0.1) is 0 Å². The quantitative estimate of drug-likeness (QED) is 0.666. The van der Waals surface area contributed by atoms with E-state index in [-0.39, 0.29) is 24.7 Å². The van der Waals surface area contributed by atoms with E-state index >= 15 is 0 Å². The molecule has 0 aromatic heterocycles. The monoisotopic (exact) mass is 333 g/mol. The van der Waals surface area contributed by atoms with Crippen LogP contribution in [0.5, 0.6) is 0 Å². The molecule has 2 rings (SSSR count). The SMILES string of the molecule is COC(=O)[C@H](C)NC(=O)CCC1NC(=O)c2ccccc2NC1=O. The zero-order chi connectivity index (χ0) is 17.7. The number of carbonyl (C=O) groups is 4. The normalized spacial score (nSPS) is 17.7. The van der Waals surface area contributed by atoms with Gasteiger partial charge in [0, 0.05) is 6.42 Å². The maximum absolute atomic E-state index is 12.2. The summed E-state index contributed by atoms with van der Waals surface area (Å²) in [5.41, 5.74) is 0.809. The number of amides is 3. The van der Waals surface area contributed by atoms with Crippen LogP contribution >= 0.6 is 0 Å². The predicted octanol–water partition coefficient (Wildman–Crippen LogP) is 0.195. The number of anilines is 1. The first-order chi connectivity index (χ1) is 11.4. The number of esters is 1. The lowest BCUT2D eigenvalue weighted by Crippen LogP contribution is -2.43.